The van der Waals surface area contributed by atoms with Crippen molar-refractivity contribution >= 4 is 45.6 Å². The molecule has 0 fully saturated rings. The van der Waals surface area contributed by atoms with Crippen molar-refractivity contribution in [1.82, 2.24) is 14.4 Å². The molecule has 0 aromatic carbocycles. The van der Waals surface area contributed by atoms with Crippen molar-refractivity contribution in [2.45, 2.75) is 6.61 Å². The van der Waals surface area contributed by atoms with Crippen molar-refractivity contribution in [2.75, 3.05) is 5.32 Å². The molecule has 0 aliphatic carbocycles. The van der Waals surface area contributed by atoms with Crippen LogP contribution in [-0.4, -0.2) is 25.4 Å². The number of aromatic nitrogens is 3. The number of fused-ring (bicyclic) bond motifs is 1. The Balaban J connectivity index is 1.79. The molecule has 0 aliphatic rings. The summed E-state index contributed by atoms with van der Waals surface area (Å²) < 4.78 is 1.81. The summed E-state index contributed by atoms with van der Waals surface area (Å²) >= 11 is 7.51. The zero-order chi connectivity index (χ0) is 15.5. The van der Waals surface area contributed by atoms with Crippen LogP contribution in [0.2, 0.25) is 5.15 Å². The number of amides is 1. The first-order valence-electron chi connectivity index (χ1n) is 6.33. The molecule has 8 heteroatoms. The molecule has 0 saturated carbocycles. The van der Waals surface area contributed by atoms with Crippen molar-refractivity contribution in [1.29, 1.82) is 0 Å². The maximum atomic E-state index is 12.0. The minimum absolute atomic E-state index is 0.175. The van der Waals surface area contributed by atoms with Crippen LogP contribution in [0.15, 0.2) is 36.1 Å². The van der Waals surface area contributed by atoms with Gasteiger partial charge in [-0.3, -0.25) is 14.2 Å². The lowest BCUT2D eigenvalue weighted by Crippen LogP contribution is -2.10. The SMILES string of the molecule is O=C(/C=C/c1c(Cl)nc2sccn12)Nc1cnccc1CO. The number of thiazole rings is 1. The minimum Gasteiger partial charge on any atom is -0.392 e. The Morgan fingerprint density at radius 3 is 3.23 bits per heavy atom. The second-order valence-electron chi connectivity index (χ2n) is 4.36. The molecule has 2 N–H and O–H groups in total. The van der Waals surface area contributed by atoms with Gasteiger partial charge in [0.1, 0.15) is 0 Å². The van der Waals surface area contributed by atoms with Gasteiger partial charge in [-0.25, -0.2) is 4.98 Å². The van der Waals surface area contributed by atoms with Gasteiger partial charge in [0.05, 0.1) is 24.2 Å². The number of pyridine rings is 1. The van der Waals surface area contributed by atoms with Crippen LogP contribution < -0.4 is 5.32 Å². The number of aliphatic hydroxyl groups excluding tert-OH is 1. The molecule has 0 bridgehead atoms. The fourth-order valence-corrected chi connectivity index (χ4v) is 2.93. The minimum atomic E-state index is -0.344. The average molecular weight is 335 g/mol. The predicted octanol–water partition coefficient (Wildman–Crippen LogP) is 2.59. The first-order valence-corrected chi connectivity index (χ1v) is 7.58. The van der Waals surface area contributed by atoms with E-state index in [1.807, 2.05) is 11.6 Å². The van der Waals surface area contributed by atoms with E-state index in [4.69, 9.17) is 11.6 Å². The van der Waals surface area contributed by atoms with E-state index in [-0.39, 0.29) is 12.5 Å². The quantitative estimate of drug-likeness (QED) is 0.719. The van der Waals surface area contributed by atoms with Crippen LogP contribution in [0.5, 0.6) is 0 Å². The Morgan fingerprint density at radius 2 is 2.41 bits per heavy atom. The summed E-state index contributed by atoms with van der Waals surface area (Å²) in [5.41, 5.74) is 1.71. The van der Waals surface area contributed by atoms with Gasteiger partial charge >= 0.3 is 0 Å². The second kappa shape index (κ2) is 6.27. The van der Waals surface area contributed by atoms with Crippen LogP contribution in [0.1, 0.15) is 11.3 Å². The van der Waals surface area contributed by atoms with E-state index < -0.39 is 0 Å². The Bertz CT molecular complexity index is 856. The van der Waals surface area contributed by atoms with Gasteiger partial charge < -0.3 is 10.4 Å². The average Bonchev–Trinajstić information content (AvgIpc) is 3.06. The number of imidazole rings is 1. The lowest BCUT2D eigenvalue weighted by Gasteiger charge is -2.06. The molecule has 3 aromatic heterocycles. The molecule has 0 unspecified atom stereocenters. The maximum absolute atomic E-state index is 12.0. The molecule has 0 atom stereocenters. The molecule has 3 heterocycles. The second-order valence-corrected chi connectivity index (χ2v) is 5.59. The zero-order valence-electron chi connectivity index (χ0n) is 11.2. The molecule has 0 saturated heterocycles. The van der Waals surface area contributed by atoms with Crippen LogP contribution in [0.25, 0.3) is 11.0 Å². The van der Waals surface area contributed by atoms with Gasteiger partial charge in [-0.15, -0.1) is 11.3 Å². The highest BCUT2D eigenvalue weighted by atomic mass is 35.5. The number of rotatable bonds is 4. The Kier molecular flexibility index (Phi) is 4.19. The number of hydrogen-bond acceptors (Lipinski definition) is 5. The van der Waals surface area contributed by atoms with Crippen LogP contribution in [0.4, 0.5) is 5.69 Å². The molecular formula is C14H11ClN4O2S. The largest absolute Gasteiger partial charge is 0.392 e. The Labute approximate surface area is 134 Å². The highest BCUT2D eigenvalue weighted by Gasteiger charge is 2.09. The monoisotopic (exact) mass is 334 g/mol. The molecule has 3 rings (SSSR count). The summed E-state index contributed by atoms with van der Waals surface area (Å²) in [4.78, 5) is 20.9. The molecule has 112 valence electrons. The summed E-state index contributed by atoms with van der Waals surface area (Å²) in [5, 5.41) is 14.1. The van der Waals surface area contributed by atoms with Crippen molar-refractivity contribution in [2.24, 2.45) is 0 Å². The van der Waals surface area contributed by atoms with E-state index in [0.717, 1.165) is 4.96 Å². The molecule has 22 heavy (non-hydrogen) atoms. The lowest BCUT2D eigenvalue weighted by atomic mass is 10.2. The van der Waals surface area contributed by atoms with Crippen molar-refractivity contribution in [3.63, 3.8) is 0 Å². The van der Waals surface area contributed by atoms with Crippen molar-refractivity contribution in [3.8, 4) is 0 Å². The normalized spacial score (nSPS) is 11.4. The molecule has 1 amide bonds. The van der Waals surface area contributed by atoms with Gasteiger partial charge in [-0.1, -0.05) is 11.6 Å². The van der Waals surface area contributed by atoms with E-state index in [1.54, 1.807) is 22.7 Å². The van der Waals surface area contributed by atoms with Gasteiger partial charge in [0.15, 0.2) is 10.1 Å². The van der Waals surface area contributed by atoms with E-state index in [9.17, 15) is 9.90 Å². The van der Waals surface area contributed by atoms with Gasteiger partial charge in [-0.2, -0.15) is 0 Å². The first kappa shape index (κ1) is 14.7. The summed E-state index contributed by atoms with van der Waals surface area (Å²) in [7, 11) is 0. The summed E-state index contributed by atoms with van der Waals surface area (Å²) in [6, 6.07) is 1.64. The third-order valence-electron chi connectivity index (χ3n) is 2.99. The van der Waals surface area contributed by atoms with Crippen LogP contribution in [-0.2, 0) is 11.4 Å². The number of aliphatic hydroxyl groups is 1. The highest BCUT2D eigenvalue weighted by Crippen LogP contribution is 2.22. The van der Waals surface area contributed by atoms with Crippen molar-refractivity contribution in [3.05, 3.63) is 52.5 Å². The van der Waals surface area contributed by atoms with Crippen LogP contribution in [0, 0.1) is 0 Å². The van der Waals surface area contributed by atoms with E-state index >= 15 is 0 Å². The van der Waals surface area contributed by atoms with Gasteiger partial charge in [0.2, 0.25) is 5.91 Å². The maximum Gasteiger partial charge on any atom is 0.248 e. The standard InChI is InChI=1S/C14H11ClN4O2S/c15-13-11(19-5-6-22-14(19)18-13)1-2-12(21)17-10-7-16-4-3-9(10)8-20/h1-7,20H,8H2,(H,17,21)/b2-1+. The number of nitrogens with zero attached hydrogens (tertiary/aromatic N) is 3. The smallest absolute Gasteiger partial charge is 0.248 e. The van der Waals surface area contributed by atoms with E-state index in [0.29, 0.717) is 22.1 Å². The zero-order valence-corrected chi connectivity index (χ0v) is 12.8. The Morgan fingerprint density at radius 1 is 1.55 bits per heavy atom. The molecule has 0 spiro atoms. The fourth-order valence-electron chi connectivity index (χ4n) is 1.93. The first-order chi connectivity index (χ1) is 10.7. The van der Waals surface area contributed by atoms with Gasteiger partial charge in [0.25, 0.3) is 0 Å². The number of halogens is 1. The number of hydrogen-bond donors (Lipinski definition) is 2. The Hall–Kier alpha value is -2.22. The molecule has 0 radical (unpaired) electrons. The topological polar surface area (TPSA) is 79.5 Å². The van der Waals surface area contributed by atoms with Crippen LogP contribution >= 0.6 is 22.9 Å². The lowest BCUT2D eigenvalue weighted by molar-refractivity contribution is -0.111. The number of carbonyl (C=O) groups is 1. The summed E-state index contributed by atoms with van der Waals surface area (Å²) in [6.45, 7) is -0.175. The predicted molar refractivity (Wildman–Crippen MR) is 85.9 cm³/mol. The number of carbonyl (C=O) groups excluding carboxylic acids is 1. The van der Waals surface area contributed by atoms with Crippen LogP contribution in [0.3, 0.4) is 0 Å². The third-order valence-corrected chi connectivity index (χ3v) is 4.02. The molecule has 0 aliphatic heterocycles. The third kappa shape index (κ3) is 2.87. The fraction of sp³-hybridized carbons (Fsp3) is 0.0714. The summed E-state index contributed by atoms with van der Waals surface area (Å²) in [5.74, 6) is -0.344. The number of anilines is 1. The van der Waals surface area contributed by atoms with E-state index in [2.05, 4.69) is 15.3 Å². The number of nitrogens with one attached hydrogen (secondary N) is 1. The molecular weight excluding hydrogens is 324 g/mol. The van der Waals surface area contributed by atoms with Gasteiger partial charge in [-0.05, 0) is 12.1 Å². The molecule has 6 nitrogen and oxygen atoms in total. The van der Waals surface area contributed by atoms with E-state index in [1.165, 1.54) is 23.6 Å². The van der Waals surface area contributed by atoms with Gasteiger partial charge in [0, 0.05) is 29.4 Å². The van der Waals surface area contributed by atoms with Crippen molar-refractivity contribution < 1.29 is 9.90 Å². The highest BCUT2D eigenvalue weighted by molar-refractivity contribution is 7.15. The summed E-state index contributed by atoms with van der Waals surface area (Å²) in [6.07, 6.45) is 7.83. The molecule has 3 aromatic rings.